The Morgan fingerprint density at radius 2 is 0.893 bits per heavy atom. The average molecular weight is 387 g/mol. The Hall–Kier alpha value is -0.0800. The molecule has 0 aromatic carbocycles. The van der Waals surface area contributed by atoms with Crippen LogP contribution in [0.25, 0.3) is 0 Å². The molecule has 3 aliphatic carbocycles. The number of rotatable bonds is 4. The Balaban J connectivity index is 1.25. The third-order valence-electron chi connectivity index (χ3n) is 9.81. The van der Waals surface area contributed by atoms with E-state index in [1.807, 2.05) is 0 Å². The van der Waals surface area contributed by atoms with Crippen LogP contribution in [0.1, 0.15) is 96.3 Å². The smallest absolute Gasteiger partial charge is 0.00276 e. The van der Waals surface area contributed by atoms with Gasteiger partial charge in [0.2, 0.25) is 0 Å². The van der Waals surface area contributed by atoms with E-state index < -0.39 is 0 Å². The lowest BCUT2D eigenvalue weighted by Crippen LogP contribution is -2.64. The molecular weight excluding hydrogens is 340 g/mol. The van der Waals surface area contributed by atoms with Gasteiger partial charge in [-0.2, -0.15) is 0 Å². The van der Waals surface area contributed by atoms with Crippen LogP contribution in [-0.4, -0.2) is 49.1 Å². The van der Waals surface area contributed by atoms with Crippen molar-refractivity contribution in [3.05, 3.63) is 0 Å². The van der Waals surface area contributed by atoms with E-state index in [1.165, 1.54) is 123 Å². The molecule has 2 bridgehead atoms. The van der Waals surface area contributed by atoms with E-state index in [4.69, 9.17) is 0 Å². The van der Waals surface area contributed by atoms with E-state index in [2.05, 4.69) is 9.80 Å². The van der Waals surface area contributed by atoms with Gasteiger partial charge < -0.3 is 9.80 Å². The van der Waals surface area contributed by atoms with Crippen molar-refractivity contribution in [2.75, 3.05) is 39.3 Å². The summed E-state index contributed by atoms with van der Waals surface area (Å²) in [7, 11) is 0. The minimum Gasteiger partial charge on any atom is -0.302 e. The maximum Gasteiger partial charge on any atom is 0.00276 e. The molecule has 2 nitrogen and oxygen atoms in total. The van der Waals surface area contributed by atoms with Crippen LogP contribution >= 0.6 is 0 Å². The van der Waals surface area contributed by atoms with E-state index in [9.17, 15) is 0 Å². The molecule has 5 fully saturated rings. The molecule has 1 spiro atoms. The van der Waals surface area contributed by atoms with Crippen molar-refractivity contribution in [3.8, 4) is 0 Å². The van der Waals surface area contributed by atoms with E-state index in [0.29, 0.717) is 0 Å². The SMILES string of the molecule is C1CCC(CN2CC3CN(CC4CCCCC4)CC(C2)C32CCCCC2)CC1. The van der Waals surface area contributed by atoms with Crippen LogP contribution in [-0.2, 0) is 0 Å². The summed E-state index contributed by atoms with van der Waals surface area (Å²) in [4.78, 5) is 5.92. The van der Waals surface area contributed by atoms with Gasteiger partial charge in [-0.3, -0.25) is 0 Å². The van der Waals surface area contributed by atoms with Gasteiger partial charge in [0.25, 0.3) is 0 Å². The van der Waals surface area contributed by atoms with Crippen LogP contribution in [0.2, 0.25) is 0 Å². The number of hydrogen-bond acceptors (Lipinski definition) is 2. The number of hydrogen-bond donors (Lipinski definition) is 0. The van der Waals surface area contributed by atoms with Crippen LogP contribution < -0.4 is 0 Å². The molecule has 28 heavy (non-hydrogen) atoms. The van der Waals surface area contributed by atoms with Gasteiger partial charge in [-0.05, 0) is 67.6 Å². The highest BCUT2D eigenvalue weighted by atomic mass is 15.2. The maximum atomic E-state index is 2.96. The third kappa shape index (κ3) is 4.20. The zero-order valence-corrected chi connectivity index (χ0v) is 18.6. The molecule has 0 unspecified atom stereocenters. The highest BCUT2D eigenvalue weighted by Crippen LogP contribution is 2.54. The first kappa shape index (κ1) is 19.9. The van der Waals surface area contributed by atoms with Gasteiger partial charge in [0, 0.05) is 39.3 Å². The molecule has 5 rings (SSSR count). The van der Waals surface area contributed by atoms with Gasteiger partial charge in [0.15, 0.2) is 0 Å². The Bertz CT molecular complexity index is 435. The van der Waals surface area contributed by atoms with Gasteiger partial charge in [-0.25, -0.2) is 0 Å². The Morgan fingerprint density at radius 3 is 1.32 bits per heavy atom. The van der Waals surface area contributed by atoms with Gasteiger partial charge in [-0.15, -0.1) is 0 Å². The fourth-order valence-electron chi connectivity index (χ4n) is 8.37. The molecule has 0 N–H and O–H groups in total. The third-order valence-corrected chi connectivity index (χ3v) is 9.81. The van der Waals surface area contributed by atoms with Gasteiger partial charge in [0.05, 0.1) is 0 Å². The van der Waals surface area contributed by atoms with Gasteiger partial charge >= 0.3 is 0 Å². The summed E-state index contributed by atoms with van der Waals surface area (Å²) in [6.07, 6.45) is 22.8. The summed E-state index contributed by atoms with van der Waals surface area (Å²) in [5, 5.41) is 0. The minimum atomic E-state index is 0.740. The van der Waals surface area contributed by atoms with Crippen molar-refractivity contribution in [1.29, 1.82) is 0 Å². The van der Waals surface area contributed by atoms with E-state index >= 15 is 0 Å². The first-order valence-electron chi connectivity index (χ1n) is 13.3. The molecule has 0 radical (unpaired) electrons. The number of piperidine rings is 2. The summed E-state index contributed by atoms with van der Waals surface area (Å²) >= 11 is 0. The predicted molar refractivity (Wildman–Crippen MR) is 119 cm³/mol. The first-order chi connectivity index (χ1) is 13.8. The molecule has 2 saturated heterocycles. The molecule has 2 aliphatic heterocycles. The fourth-order valence-corrected chi connectivity index (χ4v) is 8.37. The second kappa shape index (κ2) is 8.96. The second-order valence-electron chi connectivity index (χ2n) is 11.6. The van der Waals surface area contributed by atoms with Crippen LogP contribution in [0.15, 0.2) is 0 Å². The number of likely N-dealkylation sites (tertiary alicyclic amines) is 2. The highest BCUT2D eigenvalue weighted by molar-refractivity contribution is 5.05. The van der Waals surface area contributed by atoms with E-state index in [0.717, 1.165) is 29.1 Å². The molecule has 0 atom stereocenters. The Kier molecular flexibility index (Phi) is 6.36. The average Bonchev–Trinajstić information content (AvgIpc) is 2.72. The van der Waals surface area contributed by atoms with E-state index in [-0.39, 0.29) is 0 Å². The fraction of sp³-hybridized carbons (Fsp3) is 1.00. The molecule has 0 aromatic rings. The second-order valence-corrected chi connectivity index (χ2v) is 11.6. The minimum absolute atomic E-state index is 0.740. The summed E-state index contributed by atoms with van der Waals surface area (Å²) in [5.74, 6) is 4.00. The summed E-state index contributed by atoms with van der Waals surface area (Å²) in [5.41, 5.74) is 0.740. The topological polar surface area (TPSA) is 6.48 Å². The zero-order chi connectivity index (χ0) is 18.8. The van der Waals surface area contributed by atoms with Crippen LogP contribution in [0.4, 0.5) is 0 Å². The first-order valence-corrected chi connectivity index (χ1v) is 13.3. The molecule has 2 heterocycles. The highest BCUT2D eigenvalue weighted by Gasteiger charge is 2.53. The summed E-state index contributed by atoms with van der Waals surface area (Å²) in [6, 6.07) is 0. The van der Waals surface area contributed by atoms with Crippen molar-refractivity contribution in [3.63, 3.8) is 0 Å². The van der Waals surface area contributed by atoms with Crippen molar-refractivity contribution >= 4 is 0 Å². The molecule has 5 aliphatic rings. The molecular formula is C26H46N2. The van der Waals surface area contributed by atoms with Crippen molar-refractivity contribution in [2.45, 2.75) is 96.3 Å². The van der Waals surface area contributed by atoms with Crippen molar-refractivity contribution in [2.24, 2.45) is 29.1 Å². The predicted octanol–water partition coefficient (Wildman–Crippen LogP) is 5.96. The largest absolute Gasteiger partial charge is 0.302 e. The lowest BCUT2D eigenvalue weighted by Gasteiger charge is -2.61. The summed E-state index contributed by atoms with van der Waals surface area (Å²) < 4.78 is 0. The zero-order valence-electron chi connectivity index (χ0n) is 18.6. The molecule has 160 valence electrons. The normalized spacial score (nSPS) is 36.0. The Morgan fingerprint density at radius 1 is 0.500 bits per heavy atom. The monoisotopic (exact) mass is 386 g/mol. The molecule has 0 amide bonds. The van der Waals surface area contributed by atoms with Gasteiger partial charge in [0.1, 0.15) is 0 Å². The van der Waals surface area contributed by atoms with Crippen LogP contribution in [0.5, 0.6) is 0 Å². The van der Waals surface area contributed by atoms with Crippen LogP contribution in [0.3, 0.4) is 0 Å². The van der Waals surface area contributed by atoms with Gasteiger partial charge in [-0.1, -0.05) is 57.8 Å². The standard InChI is InChI=1S/C26H46N2/c1-4-10-22(11-5-1)16-27-18-24-20-28(17-23-12-6-2-7-13-23)21-25(19-27)26(24)14-8-3-9-15-26/h22-25H,1-21H2. The number of nitrogens with zero attached hydrogens (tertiary/aromatic N) is 2. The van der Waals surface area contributed by atoms with E-state index in [1.54, 1.807) is 12.8 Å². The van der Waals surface area contributed by atoms with Crippen molar-refractivity contribution < 1.29 is 0 Å². The molecule has 0 aromatic heterocycles. The lowest BCUT2D eigenvalue weighted by molar-refractivity contribution is -0.116. The van der Waals surface area contributed by atoms with Crippen LogP contribution in [0, 0.1) is 29.1 Å². The lowest BCUT2D eigenvalue weighted by atomic mass is 9.55. The quantitative estimate of drug-likeness (QED) is 0.588. The maximum absolute atomic E-state index is 2.96. The molecule has 3 saturated carbocycles. The molecule has 2 heteroatoms. The Labute approximate surface area is 174 Å². The summed E-state index contributed by atoms with van der Waals surface area (Å²) in [6.45, 7) is 8.63. The van der Waals surface area contributed by atoms with Crippen molar-refractivity contribution in [1.82, 2.24) is 9.80 Å².